The molecule has 19 aromatic rings. The molecule has 0 saturated carbocycles. The van der Waals surface area contributed by atoms with Crippen LogP contribution in [0, 0.1) is 0 Å². The van der Waals surface area contributed by atoms with Crippen LogP contribution < -0.4 is 9.80 Å². The van der Waals surface area contributed by atoms with E-state index in [0.29, 0.717) is 0 Å². The normalized spacial score (nSPS) is 13.7. The van der Waals surface area contributed by atoms with Crippen LogP contribution >= 0.6 is 0 Å². The van der Waals surface area contributed by atoms with Gasteiger partial charge < -0.3 is 9.80 Å². The Morgan fingerprint density at radius 3 is 0.573 bits per heavy atom. The van der Waals surface area contributed by atoms with E-state index >= 15 is 0 Å². The van der Waals surface area contributed by atoms with E-state index in [0.717, 1.165) is 34.1 Å². The molecule has 0 bridgehead atoms. The van der Waals surface area contributed by atoms with Crippen molar-refractivity contribution in [1.29, 1.82) is 0 Å². The number of rotatable bonds is 13. The minimum atomic E-state index is -0.409. The van der Waals surface area contributed by atoms with Crippen LogP contribution in [0.5, 0.6) is 0 Å². The second-order valence-electron chi connectivity index (χ2n) is 34.5. The van der Waals surface area contributed by atoms with Gasteiger partial charge in [0, 0.05) is 45.0 Å². The highest BCUT2D eigenvalue weighted by Gasteiger charge is 2.55. The highest BCUT2D eigenvalue weighted by atomic mass is 15.1. The summed E-state index contributed by atoms with van der Waals surface area (Å²) in [6.07, 6.45) is 0. The molecule has 0 N–H and O–H groups in total. The lowest BCUT2D eigenvalue weighted by Crippen LogP contribution is -2.40. The van der Waals surface area contributed by atoms with E-state index in [4.69, 9.17) is 0 Å². The Morgan fingerprint density at radius 2 is 0.306 bits per heavy atom. The fourth-order valence-electron chi connectivity index (χ4n) is 21.4. The summed E-state index contributed by atoms with van der Waals surface area (Å²) in [5, 5.41) is 0. The van der Waals surface area contributed by atoms with Gasteiger partial charge in [-0.15, -0.1) is 0 Å². The average Bonchev–Trinajstić information content (AvgIpc) is 1.49. The van der Waals surface area contributed by atoms with E-state index in [2.05, 4.69) is 511 Å². The lowest BCUT2D eigenvalue weighted by Gasteiger charge is -2.46. The predicted octanol–water partition coefficient (Wildman–Crippen LogP) is 32.0. The number of nitrogens with zero attached hydrogens (tertiary/aromatic N) is 2. The van der Waals surface area contributed by atoms with Crippen molar-refractivity contribution in [3.63, 3.8) is 0 Å². The topological polar surface area (TPSA) is 6.48 Å². The van der Waals surface area contributed by atoms with Crippen molar-refractivity contribution in [3.05, 3.63) is 540 Å². The zero-order valence-electron chi connectivity index (χ0n) is 69.9. The number of benzene rings is 19. The molecular weight excluding hydrogens is 1490 g/mol. The SMILES string of the molecule is CC1(C)c2ccccc2C2(c3ccccc3-c3c(-c4ccc(-c5ccc(N(c6ccc(-c7ccccc7)cc6)c6ccc(-c7ccccc7)cc6)cc5)cc4)cccc32)c2ccccc21.CC1(C)c2ccccc2C2(c3ccccc3-c3c(-c4ccc(-c5ccc(N(c6ccccc6)c6ccc(-c7ccccc7)cc6)cc5)cc4)cccc32)c2ccccc21. The van der Waals surface area contributed by atoms with Crippen LogP contribution in [0.3, 0.4) is 0 Å². The second kappa shape index (κ2) is 30.5. The van der Waals surface area contributed by atoms with Crippen molar-refractivity contribution in [2.24, 2.45) is 0 Å². The van der Waals surface area contributed by atoms with Gasteiger partial charge in [0.05, 0.1) is 10.8 Å². The van der Waals surface area contributed by atoms with E-state index < -0.39 is 10.8 Å². The lowest BCUT2D eigenvalue weighted by atomic mass is 9.55. The van der Waals surface area contributed by atoms with E-state index in [1.54, 1.807) is 0 Å². The standard InChI is InChI=1S/C64H47N.C58H43N/c1-63(2)57-23-11-13-25-59(57)64(60-26-14-12-24-58(60)63)56-22-10-9-20-55(56)62-54(21-15-27-61(62)64)50-30-28-46(29-31-50)49-36-42-53(43-37-49)65(51-38-32-47(33-39-51)44-16-5-3-6-17-44)52-40-34-48(35-41-52)45-18-7-4-8-19-45;1-57(2)51-23-11-13-25-53(51)58(54-26-14-12-24-52(54)57)50-22-10-9-20-49(50)56-48(21-15-27-55(56)58)44-30-28-41(29-31-44)43-34-38-47(39-35-43)59(45-18-7-4-8-19-45)46-36-32-42(33-37-46)40-16-5-3-6-17-40/h3-43H,1-2H3;3-39H,1-2H3. The molecule has 4 aliphatic carbocycles. The van der Waals surface area contributed by atoms with Crippen molar-refractivity contribution in [2.45, 2.75) is 49.4 Å². The van der Waals surface area contributed by atoms with Gasteiger partial charge in [-0.3, -0.25) is 0 Å². The van der Waals surface area contributed by atoms with Gasteiger partial charge in [0.1, 0.15) is 0 Å². The van der Waals surface area contributed by atoms with Crippen LogP contribution in [-0.4, -0.2) is 0 Å². The van der Waals surface area contributed by atoms with Crippen molar-refractivity contribution in [1.82, 2.24) is 0 Å². The Kier molecular flexibility index (Phi) is 18.4. The van der Waals surface area contributed by atoms with Crippen molar-refractivity contribution < 1.29 is 0 Å². The average molecular weight is 1580 g/mol. The summed E-state index contributed by atoms with van der Waals surface area (Å²) in [7, 11) is 0. The molecular formula is C122H90N2. The van der Waals surface area contributed by atoms with Gasteiger partial charge in [-0.05, 0) is 240 Å². The predicted molar refractivity (Wildman–Crippen MR) is 519 cm³/mol. The first-order chi connectivity index (χ1) is 61.0. The van der Waals surface area contributed by atoms with E-state index in [9.17, 15) is 0 Å². The highest BCUT2D eigenvalue weighted by Crippen LogP contribution is 2.66. The molecule has 0 atom stereocenters. The molecule has 0 amide bonds. The molecule has 2 spiro atoms. The smallest absolute Gasteiger partial charge is 0.0719 e. The Labute approximate surface area is 728 Å². The first-order valence-electron chi connectivity index (χ1n) is 43.4. The number of para-hydroxylation sites is 1. The van der Waals surface area contributed by atoms with E-state index in [1.807, 2.05) is 0 Å². The molecule has 0 saturated heterocycles. The van der Waals surface area contributed by atoms with Crippen LogP contribution in [0.1, 0.15) is 94.5 Å². The van der Waals surface area contributed by atoms with Gasteiger partial charge in [-0.25, -0.2) is 0 Å². The number of hydrogen-bond donors (Lipinski definition) is 0. The van der Waals surface area contributed by atoms with Crippen LogP contribution in [0.4, 0.5) is 34.1 Å². The molecule has 23 rings (SSSR count). The van der Waals surface area contributed by atoms with Crippen molar-refractivity contribution in [3.8, 4) is 100 Å². The summed E-state index contributed by atoms with van der Waals surface area (Å²) >= 11 is 0. The summed E-state index contributed by atoms with van der Waals surface area (Å²) < 4.78 is 0. The Morgan fingerprint density at radius 1 is 0.129 bits per heavy atom. The van der Waals surface area contributed by atoms with Gasteiger partial charge in [0.25, 0.3) is 0 Å². The maximum absolute atomic E-state index is 2.39. The molecule has 0 fully saturated rings. The Balaban J connectivity index is 0.000000148. The van der Waals surface area contributed by atoms with Gasteiger partial charge in [-0.1, -0.05) is 428 Å². The van der Waals surface area contributed by atoms with Crippen LogP contribution in [-0.2, 0) is 21.7 Å². The lowest BCUT2D eigenvalue weighted by molar-refractivity contribution is 0.563. The minimum absolute atomic E-state index is 0.115. The molecule has 0 aliphatic heterocycles. The van der Waals surface area contributed by atoms with Crippen molar-refractivity contribution >= 4 is 34.1 Å². The Bertz CT molecular complexity index is 7010. The second-order valence-corrected chi connectivity index (χ2v) is 34.5. The van der Waals surface area contributed by atoms with Gasteiger partial charge in [0.2, 0.25) is 0 Å². The van der Waals surface area contributed by atoms with Gasteiger partial charge in [0.15, 0.2) is 0 Å². The summed E-state index contributed by atoms with van der Waals surface area (Å²) in [4.78, 5) is 4.67. The molecule has 588 valence electrons. The minimum Gasteiger partial charge on any atom is -0.311 e. The summed E-state index contributed by atoms with van der Waals surface area (Å²) in [6, 6.07) is 174. The molecule has 0 unspecified atom stereocenters. The van der Waals surface area contributed by atoms with Gasteiger partial charge in [-0.2, -0.15) is 0 Å². The van der Waals surface area contributed by atoms with E-state index in [-0.39, 0.29) is 10.8 Å². The van der Waals surface area contributed by atoms with E-state index in [1.165, 1.54) is 167 Å². The maximum atomic E-state index is 2.39. The highest BCUT2D eigenvalue weighted by molar-refractivity contribution is 5.99. The fraction of sp³-hybridized carbons (Fsp3) is 0.0656. The van der Waals surface area contributed by atoms with Crippen LogP contribution in [0.15, 0.2) is 473 Å². The third-order valence-corrected chi connectivity index (χ3v) is 27.2. The third kappa shape index (κ3) is 12.2. The monoisotopic (exact) mass is 1580 g/mol. The maximum Gasteiger partial charge on any atom is 0.0719 e. The number of hydrogen-bond acceptors (Lipinski definition) is 2. The zero-order valence-corrected chi connectivity index (χ0v) is 69.9. The largest absolute Gasteiger partial charge is 0.311 e. The summed E-state index contributed by atoms with van der Waals surface area (Å²) in [6.45, 7) is 9.54. The third-order valence-electron chi connectivity index (χ3n) is 27.2. The van der Waals surface area contributed by atoms with Crippen LogP contribution in [0.2, 0.25) is 0 Å². The molecule has 2 heteroatoms. The fourth-order valence-corrected chi connectivity index (χ4v) is 21.4. The van der Waals surface area contributed by atoms with Crippen LogP contribution in [0.25, 0.3) is 100 Å². The molecule has 2 nitrogen and oxygen atoms in total. The molecule has 0 heterocycles. The summed E-state index contributed by atoms with van der Waals surface area (Å²) in [5.41, 5.74) is 44.5. The zero-order chi connectivity index (χ0) is 83.1. The summed E-state index contributed by atoms with van der Waals surface area (Å²) in [5.74, 6) is 0. The number of anilines is 6. The Hall–Kier alpha value is -15.2. The molecule has 4 aliphatic rings. The first kappa shape index (κ1) is 75.0. The number of fused-ring (bicyclic) bond motifs is 18. The molecule has 124 heavy (non-hydrogen) atoms. The first-order valence-corrected chi connectivity index (χ1v) is 43.4. The van der Waals surface area contributed by atoms with Crippen molar-refractivity contribution in [2.75, 3.05) is 9.80 Å². The molecule has 0 aromatic heterocycles. The quantitative estimate of drug-likeness (QED) is 0.114. The van der Waals surface area contributed by atoms with Gasteiger partial charge >= 0.3 is 0 Å². The molecule has 0 radical (unpaired) electrons. The molecule has 19 aromatic carbocycles.